The fraction of sp³-hybridized carbons (Fsp3) is 0.333. The second kappa shape index (κ2) is 6.52. The summed E-state index contributed by atoms with van der Waals surface area (Å²) in [6.07, 6.45) is 2.63. The highest BCUT2D eigenvalue weighted by molar-refractivity contribution is 9.10. The van der Waals surface area contributed by atoms with Crippen LogP contribution in [0.4, 0.5) is 11.4 Å². The summed E-state index contributed by atoms with van der Waals surface area (Å²) >= 11 is 3.55. The molecule has 1 saturated heterocycles. The van der Waals surface area contributed by atoms with Gasteiger partial charge in [0.1, 0.15) is 0 Å². The summed E-state index contributed by atoms with van der Waals surface area (Å²) in [7, 11) is 0. The van der Waals surface area contributed by atoms with E-state index in [1.807, 2.05) is 0 Å². The largest absolute Gasteiger partial charge is 0.381 e. The van der Waals surface area contributed by atoms with Crippen molar-refractivity contribution in [1.82, 2.24) is 0 Å². The van der Waals surface area contributed by atoms with E-state index in [0.29, 0.717) is 0 Å². The van der Waals surface area contributed by atoms with Crippen LogP contribution in [-0.4, -0.2) is 13.1 Å². The molecule has 2 nitrogen and oxygen atoms in total. The van der Waals surface area contributed by atoms with E-state index in [0.717, 1.165) is 6.54 Å². The van der Waals surface area contributed by atoms with Crippen molar-refractivity contribution in [2.45, 2.75) is 26.3 Å². The van der Waals surface area contributed by atoms with Crippen molar-refractivity contribution in [1.29, 1.82) is 0 Å². The summed E-state index contributed by atoms with van der Waals surface area (Å²) in [5, 5.41) is 3.53. The number of rotatable bonds is 4. The molecule has 2 aromatic rings. The molecule has 0 atom stereocenters. The Balaban J connectivity index is 1.67. The highest BCUT2D eigenvalue weighted by Crippen LogP contribution is 2.24. The molecule has 0 amide bonds. The Morgan fingerprint density at radius 3 is 2.67 bits per heavy atom. The monoisotopic (exact) mass is 344 g/mol. The van der Waals surface area contributed by atoms with Crippen LogP contribution in [0.3, 0.4) is 0 Å². The lowest BCUT2D eigenvalue weighted by Crippen LogP contribution is -2.17. The SMILES string of the molecule is Cc1cc(CNc2cccc(N3CCCC3)c2)ccc1Br. The number of nitrogens with one attached hydrogen (secondary N) is 1. The minimum absolute atomic E-state index is 0.859. The highest BCUT2D eigenvalue weighted by atomic mass is 79.9. The third kappa shape index (κ3) is 3.59. The smallest absolute Gasteiger partial charge is 0.0400 e. The average Bonchev–Trinajstić information content (AvgIpc) is 3.03. The standard InChI is InChI=1S/C18H21BrN2/c1-14-11-15(7-8-18(14)19)13-20-16-5-4-6-17(12-16)21-9-2-3-10-21/h4-8,11-12,20H,2-3,9-10,13H2,1H3. The van der Waals surface area contributed by atoms with Gasteiger partial charge >= 0.3 is 0 Å². The van der Waals surface area contributed by atoms with Crippen molar-refractivity contribution in [3.05, 3.63) is 58.1 Å². The molecule has 0 aromatic heterocycles. The Kier molecular flexibility index (Phi) is 4.49. The van der Waals surface area contributed by atoms with Gasteiger partial charge in [0.15, 0.2) is 0 Å². The maximum absolute atomic E-state index is 3.55. The van der Waals surface area contributed by atoms with Crippen molar-refractivity contribution < 1.29 is 0 Å². The van der Waals surface area contributed by atoms with Crippen LogP contribution in [0, 0.1) is 6.92 Å². The van der Waals surface area contributed by atoms with Crippen LogP contribution >= 0.6 is 15.9 Å². The minimum Gasteiger partial charge on any atom is -0.381 e. The van der Waals surface area contributed by atoms with E-state index in [1.165, 1.54) is 52.9 Å². The number of nitrogens with zero attached hydrogens (tertiary/aromatic N) is 1. The predicted molar refractivity (Wildman–Crippen MR) is 94.1 cm³/mol. The molecule has 1 N–H and O–H groups in total. The third-order valence-electron chi connectivity index (χ3n) is 4.04. The Hall–Kier alpha value is -1.48. The summed E-state index contributed by atoms with van der Waals surface area (Å²) < 4.78 is 1.17. The van der Waals surface area contributed by atoms with Gasteiger partial charge in [0.25, 0.3) is 0 Å². The Morgan fingerprint density at radius 2 is 1.90 bits per heavy atom. The molecule has 0 spiro atoms. The van der Waals surface area contributed by atoms with Gasteiger partial charge in [0.05, 0.1) is 0 Å². The molecule has 3 heteroatoms. The number of hydrogen-bond donors (Lipinski definition) is 1. The van der Waals surface area contributed by atoms with E-state index < -0.39 is 0 Å². The first-order chi connectivity index (χ1) is 10.2. The van der Waals surface area contributed by atoms with E-state index in [-0.39, 0.29) is 0 Å². The van der Waals surface area contributed by atoms with Crippen molar-refractivity contribution in [2.75, 3.05) is 23.3 Å². The number of aryl methyl sites for hydroxylation is 1. The molecule has 0 unspecified atom stereocenters. The summed E-state index contributed by atoms with van der Waals surface area (Å²) in [5.74, 6) is 0. The molecule has 3 rings (SSSR count). The zero-order valence-corrected chi connectivity index (χ0v) is 14.0. The van der Waals surface area contributed by atoms with Gasteiger partial charge in [-0.1, -0.05) is 34.1 Å². The van der Waals surface area contributed by atoms with Crippen molar-refractivity contribution in [3.63, 3.8) is 0 Å². The van der Waals surface area contributed by atoms with Crippen LogP contribution in [0.15, 0.2) is 46.9 Å². The Bertz CT molecular complexity index is 618. The fourth-order valence-electron chi connectivity index (χ4n) is 2.81. The first kappa shape index (κ1) is 14.5. The van der Waals surface area contributed by atoms with Crippen LogP contribution in [0.1, 0.15) is 24.0 Å². The molecular weight excluding hydrogens is 324 g/mol. The van der Waals surface area contributed by atoms with Gasteiger partial charge < -0.3 is 10.2 Å². The van der Waals surface area contributed by atoms with E-state index in [2.05, 4.69) is 75.5 Å². The molecular formula is C18H21BrN2. The molecule has 0 aliphatic carbocycles. The lowest BCUT2D eigenvalue weighted by molar-refractivity contribution is 0.949. The van der Waals surface area contributed by atoms with Crippen molar-refractivity contribution in [2.24, 2.45) is 0 Å². The first-order valence-electron chi connectivity index (χ1n) is 7.56. The topological polar surface area (TPSA) is 15.3 Å². The molecule has 21 heavy (non-hydrogen) atoms. The number of anilines is 2. The van der Waals surface area contributed by atoms with E-state index in [9.17, 15) is 0 Å². The quantitative estimate of drug-likeness (QED) is 0.842. The Labute approximate surface area is 135 Å². The lowest BCUT2D eigenvalue weighted by atomic mass is 10.1. The van der Waals surface area contributed by atoms with Gasteiger partial charge in [-0.2, -0.15) is 0 Å². The number of halogens is 1. The molecule has 1 fully saturated rings. The van der Waals surface area contributed by atoms with Gasteiger partial charge in [0.2, 0.25) is 0 Å². The van der Waals surface area contributed by atoms with Crippen molar-refractivity contribution in [3.8, 4) is 0 Å². The predicted octanol–water partition coefficient (Wildman–Crippen LogP) is 4.97. The van der Waals surface area contributed by atoms with Gasteiger partial charge in [-0.3, -0.25) is 0 Å². The van der Waals surface area contributed by atoms with Crippen molar-refractivity contribution >= 4 is 27.3 Å². The van der Waals surface area contributed by atoms with Crippen LogP contribution < -0.4 is 10.2 Å². The number of benzene rings is 2. The van der Waals surface area contributed by atoms with Crippen LogP contribution in [-0.2, 0) is 6.54 Å². The Morgan fingerprint density at radius 1 is 1.10 bits per heavy atom. The molecule has 0 radical (unpaired) electrons. The summed E-state index contributed by atoms with van der Waals surface area (Å²) in [6, 6.07) is 15.3. The third-order valence-corrected chi connectivity index (χ3v) is 4.93. The zero-order valence-electron chi connectivity index (χ0n) is 12.4. The second-order valence-electron chi connectivity index (χ2n) is 5.68. The zero-order chi connectivity index (χ0) is 14.7. The summed E-state index contributed by atoms with van der Waals surface area (Å²) in [4.78, 5) is 2.47. The summed E-state index contributed by atoms with van der Waals surface area (Å²) in [6.45, 7) is 5.36. The van der Waals surface area contributed by atoms with E-state index in [1.54, 1.807) is 0 Å². The molecule has 1 aliphatic heterocycles. The molecule has 0 bridgehead atoms. The van der Waals surface area contributed by atoms with E-state index >= 15 is 0 Å². The molecule has 1 heterocycles. The van der Waals surface area contributed by atoms with Crippen LogP contribution in [0.2, 0.25) is 0 Å². The van der Waals surface area contributed by atoms with E-state index in [4.69, 9.17) is 0 Å². The average molecular weight is 345 g/mol. The van der Waals surface area contributed by atoms with Gasteiger partial charge in [-0.15, -0.1) is 0 Å². The van der Waals surface area contributed by atoms with Crippen LogP contribution in [0.25, 0.3) is 0 Å². The second-order valence-corrected chi connectivity index (χ2v) is 6.54. The number of hydrogen-bond acceptors (Lipinski definition) is 2. The molecule has 2 aromatic carbocycles. The fourth-order valence-corrected chi connectivity index (χ4v) is 3.06. The maximum Gasteiger partial charge on any atom is 0.0400 e. The van der Waals surface area contributed by atoms with Gasteiger partial charge in [0, 0.05) is 35.5 Å². The van der Waals surface area contributed by atoms with Crippen LogP contribution in [0.5, 0.6) is 0 Å². The summed E-state index contributed by atoms with van der Waals surface area (Å²) in [5.41, 5.74) is 5.12. The molecule has 0 saturated carbocycles. The van der Waals surface area contributed by atoms with Gasteiger partial charge in [-0.25, -0.2) is 0 Å². The highest BCUT2D eigenvalue weighted by Gasteiger charge is 2.12. The maximum atomic E-state index is 3.55. The lowest BCUT2D eigenvalue weighted by Gasteiger charge is -2.18. The molecule has 110 valence electrons. The molecule has 1 aliphatic rings. The first-order valence-corrected chi connectivity index (χ1v) is 8.35. The normalized spacial score (nSPS) is 14.5. The minimum atomic E-state index is 0.859. The van der Waals surface area contributed by atoms with Gasteiger partial charge in [-0.05, 0) is 55.2 Å².